The third-order valence-corrected chi connectivity index (χ3v) is 2.80. The third-order valence-electron chi connectivity index (χ3n) is 2.80. The standard InChI is InChI=1S/C16H14O4/c1-20-16-10-11(7-9-15(16)19)6-8-14(18)12-4-2-3-5-13(12)17/h2-10,17,19H,1H3/b8-6+. The van der Waals surface area contributed by atoms with E-state index in [1.165, 1.54) is 25.3 Å². The molecule has 0 aliphatic heterocycles. The number of methoxy groups -OCH3 is 1. The van der Waals surface area contributed by atoms with Crippen LogP contribution in [-0.4, -0.2) is 23.1 Å². The van der Waals surface area contributed by atoms with Gasteiger partial charge in [-0.2, -0.15) is 0 Å². The van der Waals surface area contributed by atoms with Crippen LogP contribution in [-0.2, 0) is 0 Å². The number of rotatable bonds is 4. The van der Waals surface area contributed by atoms with E-state index in [0.29, 0.717) is 11.3 Å². The van der Waals surface area contributed by atoms with Gasteiger partial charge in [-0.3, -0.25) is 4.79 Å². The van der Waals surface area contributed by atoms with Crippen molar-refractivity contribution in [3.8, 4) is 17.2 Å². The summed E-state index contributed by atoms with van der Waals surface area (Å²) in [7, 11) is 1.45. The van der Waals surface area contributed by atoms with Crippen LogP contribution in [0.15, 0.2) is 48.5 Å². The van der Waals surface area contributed by atoms with Crippen molar-refractivity contribution in [3.63, 3.8) is 0 Å². The van der Waals surface area contributed by atoms with E-state index in [9.17, 15) is 15.0 Å². The van der Waals surface area contributed by atoms with Crippen LogP contribution in [0.1, 0.15) is 15.9 Å². The molecule has 0 aliphatic carbocycles. The number of carbonyl (C=O) groups is 1. The Morgan fingerprint density at radius 3 is 2.55 bits per heavy atom. The van der Waals surface area contributed by atoms with Crippen molar-refractivity contribution in [2.45, 2.75) is 0 Å². The lowest BCUT2D eigenvalue weighted by Gasteiger charge is -2.03. The summed E-state index contributed by atoms with van der Waals surface area (Å²) in [4.78, 5) is 11.9. The van der Waals surface area contributed by atoms with Gasteiger partial charge in [0.05, 0.1) is 12.7 Å². The second-order valence-electron chi connectivity index (χ2n) is 4.15. The minimum Gasteiger partial charge on any atom is -0.507 e. The topological polar surface area (TPSA) is 66.8 Å². The van der Waals surface area contributed by atoms with E-state index in [2.05, 4.69) is 0 Å². The number of hydrogen-bond donors (Lipinski definition) is 2. The summed E-state index contributed by atoms with van der Waals surface area (Å²) >= 11 is 0. The first kappa shape index (κ1) is 13.7. The van der Waals surface area contributed by atoms with Crippen LogP contribution in [0.2, 0.25) is 0 Å². The molecule has 2 aromatic carbocycles. The van der Waals surface area contributed by atoms with Gasteiger partial charge in [0.15, 0.2) is 17.3 Å². The zero-order valence-corrected chi connectivity index (χ0v) is 10.9. The molecule has 0 bridgehead atoms. The SMILES string of the molecule is COc1cc(/C=C/C(=O)c2ccccc2O)ccc1O. The molecule has 0 aliphatic rings. The van der Waals surface area contributed by atoms with E-state index < -0.39 is 0 Å². The Balaban J connectivity index is 2.21. The van der Waals surface area contributed by atoms with Gasteiger partial charge in [-0.1, -0.05) is 24.3 Å². The molecule has 2 aromatic rings. The highest BCUT2D eigenvalue weighted by Crippen LogP contribution is 2.27. The molecule has 0 heterocycles. The van der Waals surface area contributed by atoms with E-state index in [4.69, 9.17) is 4.74 Å². The van der Waals surface area contributed by atoms with E-state index >= 15 is 0 Å². The average molecular weight is 270 g/mol. The van der Waals surface area contributed by atoms with Gasteiger partial charge in [0.25, 0.3) is 0 Å². The molecule has 0 saturated carbocycles. The van der Waals surface area contributed by atoms with Gasteiger partial charge in [-0.05, 0) is 35.9 Å². The molecule has 102 valence electrons. The minimum absolute atomic E-state index is 0.0386. The zero-order valence-electron chi connectivity index (χ0n) is 10.9. The molecule has 4 heteroatoms. The fraction of sp³-hybridized carbons (Fsp3) is 0.0625. The van der Waals surface area contributed by atoms with Crippen LogP contribution >= 0.6 is 0 Å². The number of phenolic OH excluding ortho intramolecular Hbond substituents is 2. The van der Waals surface area contributed by atoms with Gasteiger partial charge in [0.1, 0.15) is 5.75 Å². The normalized spacial score (nSPS) is 10.7. The molecule has 0 fully saturated rings. The Morgan fingerprint density at radius 2 is 1.85 bits per heavy atom. The number of phenols is 2. The highest BCUT2D eigenvalue weighted by molar-refractivity contribution is 6.08. The van der Waals surface area contributed by atoms with Gasteiger partial charge < -0.3 is 14.9 Å². The summed E-state index contributed by atoms with van der Waals surface area (Å²) in [5, 5.41) is 19.1. The molecule has 0 amide bonds. The Hall–Kier alpha value is -2.75. The van der Waals surface area contributed by atoms with Crippen molar-refractivity contribution in [1.29, 1.82) is 0 Å². The van der Waals surface area contributed by atoms with Crippen LogP contribution in [0.3, 0.4) is 0 Å². The van der Waals surface area contributed by atoms with Gasteiger partial charge in [0, 0.05) is 0 Å². The average Bonchev–Trinajstić information content (AvgIpc) is 2.46. The molecule has 20 heavy (non-hydrogen) atoms. The Bertz CT molecular complexity index is 659. The van der Waals surface area contributed by atoms with Crippen LogP contribution in [0.5, 0.6) is 17.2 Å². The lowest BCUT2D eigenvalue weighted by atomic mass is 10.1. The largest absolute Gasteiger partial charge is 0.507 e. The van der Waals surface area contributed by atoms with E-state index in [1.807, 2.05) is 0 Å². The number of ether oxygens (including phenoxy) is 1. The fourth-order valence-corrected chi connectivity index (χ4v) is 1.74. The van der Waals surface area contributed by atoms with Crippen LogP contribution in [0.25, 0.3) is 6.08 Å². The Kier molecular flexibility index (Phi) is 4.05. The summed E-state index contributed by atoms with van der Waals surface area (Å²) in [6.07, 6.45) is 2.96. The quantitative estimate of drug-likeness (QED) is 0.662. The zero-order chi connectivity index (χ0) is 14.5. The maximum absolute atomic E-state index is 11.9. The lowest BCUT2D eigenvalue weighted by molar-refractivity contribution is 0.104. The predicted octanol–water partition coefficient (Wildman–Crippen LogP) is 3.00. The number of para-hydroxylation sites is 1. The van der Waals surface area contributed by atoms with Crippen LogP contribution in [0.4, 0.5) is 0 Å². The summed E-state index contributed by atoms with van der Waals surface area (Å²) in [6.45, 7) is 0. The van der Waals surface area contributed by atoms with Crippen molar-refractivity contribution >= 4 is 11.9 Å². The van der Waals surface area contributed by atoms with Crippen molar-refractivity contribution in [2.75, 3.05) is 7.11 Å². The van der Waals surface area contributed by atoms with Crippen molar-refractivity contribution in [1.82, 2.24) is 0 Å². The van der Waals surface area contributed by atoms with E-state index in [-0.39, 0.29) is 22.8 Å². The third kappa shape index (κ3) is 2.98. The first-order valence-corrected chi connectivity index (χ1v) is 5.99. The van der Waals surface area contributed by atoms with Gasteiger partial charge in [-0.25, -0.2) is 0 Å². The maximum atomic E-state index is 11.9. The van der Waals surface area contributed by atoms with Crippen LogP contribution < -0.4 is 4.74 Å². The smallest absolute Gasteiger partial charge is 0.189 e. The van der Waals surface area contributed by atoms with Gasteiger partial charge in [0.2, 0.25) is 0 Å². The Morgan fingerprint density at radius 1 is 1.10 bits per heavy atom. The van der Waals surface area contributed by atoms with Crippen LogP contribution in [0, 0.1) is 0 Å². The van der Waals surface area contributed by atoms with Crippen molar-refractivity contribution < 1.29 is 19.7 Å². The van der Waals surface area contributed by atoms with Gasteiger partial charge in [-0.15, -0.1) is 0 Å². The second-order valence-corrected chi connectivity index (χ2v) is 4.15. The number of allylic oxidation sites excluding steroid dienone is 1. The molecule has 2 rings (SSSR count). The number of carbonyl (C=O) groups excluding carboxylic acids is 1. The molecule has 4 nitrogen and oxygen atoms in total. The molecular weight excluding hydrogens is 256 g/mol. The molecule has 0 saturated heterocycles. The molecule has 0 atom stereocenters. The molecule has 2 N–H and O–H groups in total. The maximum Gasteiger partial charge on any atom is 0.189 e. The lowest BCUT2D eigenvalue weighted by Crippen LogP contribution is -1.94. The highest BCUT2D eigenvalue weighted by atomic mass is 16.5. The monoisotopic (exact) mass is 270 g/mol. The van der Waals surface area contributed by atoms with E-state index in [0.717, 1.165) is 0 Å². The second kappa shape index (κ2) is 5.93. The summed E-state index contributed by atoms with van der Waals surface area (Å²) in [6, 6.07) is 11.1. The first-order valence-electron chi connectivity index (χ1n) is 5.99. The molecule has 0 aromatic heterocycles. The van der Waals surface area contributed by atoms with Crippen molar-refractivity contribution in [3.05, 3.63) is 59.7 Å². The van der Waals surface area contributed by atoms with E-state index in [1.54, 1.807) is 36.4 Å². The van der Waals surface area contributed by atoms with Gasteiger partial charge >= 0.3 is 0 Å². The summed E-state index contributed by atoms with van der Waals surface area (Å²) in [5.41, 5.74) is 0.956. The molecule has 0 spiro atoms. The fourth-order valence-electron chi connectivity index (χ4n) is 1.74. The first-order chi connectivity index (χ1) is 9.61. The number of benzene rings is 2. The highest BCUT2D eigenvalue weighted by Gasteiger charge is 2.07. The summed E-state index contributed by atoms with van der Waals surface area (Å²) < 4.78 is 4.99. The summed E-state index contributed by atoms with van der Waals surface area (Å²) in [5.74, 6) is 0.0272. The number of aromatic hydroxyl groups is 2. The number of hydrogen-bond acceptors (Lipinski definition) is 4. The predicted molar refractivity (Wildman–Crippen MR) is 76.1 cm³/mol. The molecular formula is C16H14O4. The number of ketones is 1. The molecule has 0 unspecified atom stereocenters. The minimum atomic E-state index is -0.296. The Labute approximate surface area is 116 Å². The van der Waals surface area contributed by atoms with Crippen molar-refractivity contribution in [2.24, 2.45) is 0 Å². The molecule has 0 radical (unpaired) electrons.